The molecule has 19 heteroatoms. The molecule has 0 saturated heterocycles. The topological polar surface area (TPSA) is 237 Å². The molecule has 0 heterocycles. The molecule has 0 aromatic heterocycles. The molecular formula is C65H126O17P2. The Kier molecular flexibility index (Phi) is 55.0. The predicted molar refractivity (Wildman–Crippen MR) is 335 cm³/mol. The van der Waals surface area contributed by atoms with E-state index in [2.05, 4.69) is 48.5 Å². The van der Waals surface area contributed by atoms with E-state index in [1.54, 1.807) is 0 Å². The lowest BCUT2D eigenvalue weighted by Crippen LogP contribution is -2.30. The molecule has 498 valence electrons. The molecule has 0 amide bonds. The summed E-state index contributed by atoms with van der Waals surface area (Å²) in [6.45, 7) is 11.6. The van der Waals surface area contributed by atoms with Crippen molar-refractivity contribution in [3.63, 3.8) is 0 Å². The van der Waals surface area contributed by atoms with Crippen molar-refractivity contribution in [2.75, 3.05) is 39.6 Å². The Bertz CT molecular complexity index is 1660. The highest BCUT2D eigenvalue weighted by atomic mass is 31.2. The fourth-order valence-electron chi connectivity index (χ4n) is 9.66. The highest BCUT2D eigenvalue weighted by Gasteiger charge is 2.30. The summed E-state index contributed by atoms with van der Waals surface area (Å²) >= 11 is 0. The second kappa shape index (κ2) is 56.3. The van der Waals surface area contributed by atoms with Gasteiger partial charge in [-0.1, -0.05) is 267 Å². The average Bonchev–Trinajstić information content (AvgIpc) is 3.57. The van der Waals surface area contributed by atoms with Gasteiger partial charge in [-0.3, -0.25) is 37.3 Å². The van der Waals surface area contributed by atoms with Crippen molar-refractivity contribution >= 4 is 39.5 Å². The summed E-state index contributed by atoms with van der Waals surface area (Å²) in [6.07, 6.45) is 37.9. The predicted octanol–water partition coefficient (Wildman–Crippen LogP) is 17.9. The maximum Gasteiger partial charge on any atom is 0.472 e. The van der Waals surface area contributed by atoms with E-state index in [-0.39, 0.29) is 25.7 Å². The van der Waals surface area contributed by atoms with E-state index in [1.165, 1.54) is 122 Å². The molecule has 2 unspecified atom stereocenters. The normalized spacial score (nSPS) is 14.3. The van der Waals surface area contributed by atoms with Crippen LogP contribution in [-0.2, 0) is 65.4 Å². The van der Waals surface area contributed by atoms with Crippen LogP contribution in [0.5, 0.6) is 0 Å². The van der Waals surface area contributed by atoms with Crippen LogP contribution in [-0.4, -0.2) is 96.7 Å². The minimum atomic E-state index is -4.95. The molecule has 0 fully saturated rings. The number of phosphoric ester groups is 2. The Morgan fingerprint density at radius 1 is 0.321 bits per heavy atom. The third-order valence-corrected chi connectivity index (χ3v) is 16.8. The van der Waals surface area contributed by atoms with Crippen molar-refractivity contribution in [1.82, 2.24) is 0 Å². The largest absolute Gasteiger partial charge is 0.472 e. The van der Waals surface area contributed by atoms with Gasteiger partial charge in [-0.2, -0.15) is 0 Å². The van der Waals surface area contributed by atoms with E-state index in [1.807, 2.05) is 0 Å². The lowest BCUT2D eigenvalue weighted by molar-refractivity contribution is -0.161. The summed E-state index contributed by atoms with van der Waals surface area (Å²) < 4.78 is 68.0. The zero-order chi connectivity index (χ0) is 62.4. The molecule has 0 bridgehead atoms. The summed E-state index contributed by atoms with van der Waals surface area (Å²) in [5.41, 5.74) is 0. The zero-order valence-corrected chi connectivity index (χ0v) is 56.1. The molecule has 5 atom stereocenters. The Labute approximate surface area is 511 Å². The van der Waals surface area contributed by atoms with Crippen LogP contribution in [0.15, 0.2) is 0 Å². The maximum atomic E-state index is 13.0. The van der Waals surface area contributed by atoms with E-state index in [0.29, 0.717) is 37.5 Å². The first-order valence-corrected chi connectivity index (χ1v) is 36.8. The summed E-state index contributed by atoms with van der Waals surface area (Å²) in [7, 11) is -9.89. The molecule has 0 spiro atoms. The minimum Gasteiger partial charge on any atom is -0.462 e. The number of aliphatic hydroxyl groups is 1. The van der Waals surface area contributed by atoms with Crippen LogP contribution in [0.25, 0.3) is 0 Å². The summed E-state index contributed by atoms with van der Waals surface area (Å²) in [5, 5.41) is 10.5. The lowest BCUT2D eigenvalue weighted by atomic mass is 10.0. The fraction of sp³-hybridized carbons (Fsp3) is 0.938. The van der Waals surface area contributed by atoms with Crippen LogP contribution in [0.1, 0.15) is 318 Å². The average molecular weight is 1240 g/mol. The number of esters is 4. The number of phosphoric acid groups is 2. The number of carbonyl (C=O) groups excluding carboxylic acids is 4. The molecule has 0 saturated carbocycles. The van der Waals surface area contributed by atoms with Gasteiger partial charge in [-0.15, -0.1) is 0 Å². The Balaban J connectivity index is 5.24. The van der Waals surface area contributed by atoms with Gasteiger partial charge < -0.3 is 33.8 Å². The van der Waals surface area contributed by atoms with Gasteiger partial charge in [-0.05, 0) is 43.4 Å². The van der Waals surface area contributed by atoms with Crippen molar-refractivity contribution in [1.29, 1.82) is 0 Å². The Morgan fingerprint density at radius 2 is 0.548 bits per heavy atom. The molecule has 0 aliphatic heterocycles. The first-order chi connectivity index (χ1) is 40.2. The van der Waals surface area contributed by atoms with Crippen molar-refractivity contribution < 1.29 is 80.2 Å². The van der Waals surface area contributed by atoms with E-state index in [9.17, 15) is 43.2 Å². The van der Waals surface area contributed by atoms with Crippen molar-refractivity contribution in [2.45, 2.75) is 336 Å². The monoisotopic (exact) mass is 1240 g/mol. The first kappa shape index (κ1) is 82.1. The number of hydrogen-bond donors (Lipinski definition) is 3. The van der Waals surface area contributed by atoms with Crippen molar-refractivity contribution in [3.05, 3.63) is 0 Å². The van der Waals surface area contributed by atoms with Gasteiger partial charge >= 0.3 is 39.5 Å². The summed E-state index contributed by atoms with van der Waals surface area (Å²) in [5.74, 6) is -0.0382. The van der Waals surface area contributed by atoms with Crippen LogP contribution in [0.3, 0.4) is 0 Å². The van der Waals surface area contributed by atoms with E-state index in [4.69, 9.17) is 37.0 Å². The van der Waals surface area contributed by atoms with Crippen LogP contribution in [0.2, 0.25) is 0 Å². The zero-order valence-electron chi connectivity index (χ0n) is 54.4. The van der Waals surface area contributed by atoms with Gasteiger partial charge in [0.1, 0.15) is 19.3 Å². The second-order valence-corrected chi connectivity index (χ2v) is 27.8. The minimum absolute atomic E-state index is 0.101. The number of rotatable bonds is 63. The van der Waals surface area contributed by atoms with E-state index in [0.717, 1.165) is 102 Å². The van der Waals surface area contributed by atoms with Gasteiger partial charge in [-0.25, -0.2) is 9.13 Å². The molecule has 0 aliphatic rings. The van der Waals surface area contributed by atoms with Gasteiger partial charge in [0, 0.05) is 25.7 Å². The summed E-state index contributed by atoms with van der Waals surface area (Å²) in [4.78, 5) is 72.2. The van der Waals surface area contributed by atoms with Crippen molar-refractivity contribution in [2.24, 2.45) is 17.8 Å². The van der Waals surface area contributed by atoms with E-state index < -0.39 is 97.5 Å². The van der Waals surface area contributed by atoms with Crippen molar-refractivity contribution in [3.8, 4) is 0 Å². The third-order valence-electron chi connectivity index (χ3n) is 14.9. The van der Waals surface area contributed by atoms with Crippen LogP contribution < -0.4 is 0 Å². The second-order valence-electron chi connectivity index (χ2n) is 24.9. The number of carbonyl (C=O) groups is 4. The standard InChI is InChI=1S/C65H126O17P2/c1-8-9-10-11-12-13-14-15-16-20-23-32-39-46-62(67)75-52-60(81-64(69)48-41-34-24-21-18-17-19-22-29-36-43-56(2)3)54-79-83(71,72)77-50-59(66)51-78-84(73,74)80-55-61(82-65(70)49-42-35-28-26-31-38-45-58(6)7)53-76-63(68)47-40-33-27-25-30-37-44-57(4)5/h56-61,66H,8-55H2,1-7H3,(H,71,72)(H,73,74)/t59-,60-,61-/m1/s1. The van der Waals surface area contributed by atoms with E-state index >= 15 is 0 Å². The highest BCUT2D eigenvalue weighted by Crippen LogP contribution is 2.45. The molecule has 0 aliphatic carbocycles. The maximum absolute atomic E-state index is 13.0. The van der Waals surface area contributed by atoms with Gasteiger partial charge in [0.25, 0.3) is 0 Å². The third kappa shape index (κ3) is 59.0. The molecule has 84 heavy (non-hydrogen) atoms. The van der Waals surface area contributed by atoms with Crippen LogP contribution >= 0.6 is 15.6 Å². The fourth-order valence-corrected chi connectivity index (χ4v) is 11.2. The van der Waals surface area contributed by atoms with Gasteiger partial charge in [0.15, 0.2) is 12.2 Å². The molecule has 0 radical (unpaired) electrons. The number of aliphatic hydroxyl groups excluding tert-OH is 1. The number of unbranched alkanes of at least 4 members (excludes halogenated alkanes) is 31. The molecular weight excluding hydrogens is 1110 g/mol. The Morgan fingerprint density at radius 3 is 0.810 bits per heavy atom. The van der Waals surface area contributed by atoms with Crippen LogP contribution in [0, 0.1) is 17.8 Å². The first-order valence-electron chi connectivity index (χ1n) is 33.8. The molecule has 17 nitrogen and oxygen atoms in total. The number of ether oxygens (including phenoxy) is 4. The molecule has 0 aromatic carbocycles. The Hall–Kier alpha value is -1.94. The van der Waals surface area contributed by atoms with Gasteiger partial charge in [0.05, 0.1) is 26.4 Å². The van der Waals surface area contributed by atoms with Gasteiger partial charge in [0.2, 0.25) is 0 Å². The lowest BCUT2D eigenvalue weighted by Gasteiger charge is -2.21. The molecule has 3 N–H and O–H groups in total. The molecule has 0 aromatic rings. The highest BCUT2D eigenvalue weighted by molar-refractivity contribution is 7.47. The molecule has 0 rings (SSSR count). The van der Waals surface area contributed by atoms with Crippen LogP contribution in [0.4, 0.5) is 0 Å². The SMILES string of the molecule is CCCCCCCCCCCCCCCC(=O)OC[C@H](COP(=O)(O)OC[C@@H](O)COP(=O)(O)OC[C@@H](COC(=O)CCCCCCCCC(C)C)OC(=O)CCCCCCCCC(C)C)OC(=O)CCCCCCCCCCCCC(C)C. The smallest absolute Gasteiger partial charge is 0.462 e. The quantitative estimate of drug-likeness (QED) is 0.0222. The number of hydrogen-bond acceptors (Lipinski definition) is 15. The summed E-state index contributed by atoms with van der Waals surface area (Å²) in [6, 6.07) is 0.